The lowest BCUT2D eigenvalue weighted by Gasteiger charge is -2.25. The molecule has 1 saturated heterocycles. The van der Waals surface area contributed by atoms with Gasteiger partial charge in [0, 0.05) is 0 Å². The van der Waals surface area contributed by atoms with Crippen LogP contribution in [0.1, 0.15) is 26.2 Å². The van der Waals surface area contributed by atoms with Gasteiger partial charge in [0.25, 0.3) is 0 Å². The fraction of sp³-hybridized carbons (Fsp3) is 0.875. The lowest BCUT2D eigenvalue weighted by molar-refractivity contribution is -0.147. The first-order chi connectivity index (χ1) is 5.74. The second-order valence-electron chi connectivity index (χ2n) is 2.92. The van der Waals surface area contributed by atoms with Crippen molar-refractivity contribution < 1.29 is 14.6 Å². The van der Waals surface area contributed by atoms with Crippen molar-refractivity contribution in [1.29, 1.82) is 0 Å². The number of nitrogens with one attached hydrogen (secondary N) is 1. The van der Waals surface area contributed by atoms with Gasteiger partial charge >= 0.3 is 5.97 Å². The van der Waals surface area contributed by atoms with Crippen LogP contribution in [0.3, 0.4) is 0 Å². The topological polar surface area (TPSA) is 58.6 Å². The number of hydrogen-bond donors (Lipinski definition) is 2. The zero-order valence-corrected chi connectivity index (χ0v) is 7.25. The Kier molecular flexibility index (Phi) is 3.49. The molecular weight excluding hydrogens is 158 g/mol. The molecule has 1 fully saturated rings. The number of piperidine rings is 1. The molecule has 0 spiro atoms. The summed E-state index contributed by atoms with van der Waals surface area (Å²) in [5.74, 6) is -0.253. The molecular formula is C8H15NO3. The quantitative estimate of drug-likeness (QED) is 0.577. The van der Waals surface area contributed by atoms with Crippen molar-refractivity contribution in [2.45, 2.75) is 38.5 Å². The molecule has 2 N–H and O–H groups in total. The van der Waals surface area contributed by atoms with E-state index in [1.165, 1.54) is 0 Å². The van der Waals surface area contributed by atoms with E-state index in [0.717, 1.165) is 19.3 Å². The van der Waals surface area contributed by atoms with Crippen molar-refractivity contribution >= 4 is 5.97 Å². The summed E-state index contributed by atoms with van der Waals surface area (Å²) in [5, 5.41) is 12.0. The molecule has 2 unspecified atom stereocenters. The van der Waals surface area contributed by atoms with Crippen LogP contribution in [0.25, 0.3) is 0 Å². The van der Waals surface area contributed by atoms with Crippen LogP contribution < -0.4 is 5.32 Å². The Labute approximate surface area is 71.9 Å². The molecule has 12 heavy (non-hydrogen) atoms. The molecule has 4 nitrogen and oxygen atoms in total. The third-order valence-corrected chi connectivity index (χ3v) is 1.94. The number of aliphatic hydroxyl groups excluding tert-OH is 1. The molecule has 0 aromatic rings. The van der Waals surface area contributed by atoms with Crippen LogP contribution in [0.15, 0.2) is 0 Å². The second-order valence-corrected chi connectivity index (χ2v) is 2.92. The van der Waals surface area contributed by atoms with Crippen LogP contribution in [0.5, 0.6) is 0 Å². The predicted octanol–water partition coefficient (Wildman–Crippen LogP) is 0.0100. The van der Waals surface area contributed by atoms with Gasteiger partial charge in [-0.15, -0.1) is 0 Å². The highest BCUT2D eigenvalue weighted by molar-refractivity contribution is 5.75. The first kappa shape index (κ1) is 9.48. The zero-order valence-electron chi connectivity index (χ0n) is 7.25. The van der Waals surface area contributed by atoms with E-state index in [9.17, 15) is 9.90 Å². The standard InChI is InChI=1S/C8H15NO3/c1-2-12-8(11)6-4-3-5-7(10)9-6/h6-7,9-10H,2-5H2,1H3. The van der Waals surface area contributed by atoms with E-state index in [1.807, 2.05) is 0 Å². The van der Waals surface area contributed by atoms with E-state index in [1.54, 1.807) is 6.92 Å². The number of rotatable bonds is 2. The maximum absolute atomic E-state index is 11.1. The first-order valence-electron chi connectivity index (χ1n) is 4.34. The number of hydrogen-bond acceptors (Lipinski definition) is 4. The molecule has 0 saturated carbocycles. The molecule has 1 heterocycles. The molecule has 2 atom stereocenters. The molecule has 0 amide bonds. The summed E-state index contributed by atoms with van der Waals surface area (Å²) in [6.07, 6.45) is 1.80. The van der Waals surface area contributed by atoms with Crippen LogP contribution >= 0.6 is 0 Å². The highest BCUT2D eigenvalue weighted by Gasteiger charge is 2.25. The van der Waals surface area contributed by atoms with Gasteiger partial charge in [0.05, 0.1) is 6.61 Å². The maximum atomic E-state index is 11.1. The molecule has 70 valence electrons. The fourth-order valence-corrected chi connectivity index (χ4v) is 1.34. The summed E-state index contributed by atoms with van der Waals surface area (Å²) in [7, 11) is 0. The summed E-state index contributed by atoms with van der Waals surface area (Å²) < 4.78 is 4.82. The monoisotopic (exact) mass is 173 g/mol. The minimum atomic E-state index is -0.548. The van der Waals surface area contributed by atoms with E-state index in [4.69, 9.17) is 4.74 Å². The molecule has 4 heteroatoms. The lowest BCUT2D eigenvalue weighted by Crippen LogP contribution is -2.47. The van der Waals surface area contributed by atoms with Gasteiger partial charge < -0.3 is 9.84 Å². The Balaban J connectivity index is 2.35. The van der Waals surface area contributed by atoms with Crippen molar-refractivity contribution in [3.63, 3.8) is 0 Å². The fourth-order valence-electron chi connectivity index (χ4n) is 1.34. The molecule has 0 aliphatic carbocycles. The Morgan fingerprint density at radius 1 is 1.67 bits per heavy atom. The Morgan fingerprint density at radius 3 is 3.00 bits per heavy atom. The van der Waals surface area contributed by atoms with E-state index in [-0.39, 0.29) is 12.0 Å². The third-order valence-electron chi connectivity index (χ3n) is 1.94. The first-order valence-corrected chi connectivity index (χ1v) is 4.34. The number of ether oxygens (including phenoxy) is 1. The van der Waals surface area contributed by atoms with Crippen molar-refractivity contribution in [1.82, 2.24) is 5.32 Å². The Bertz CT molecular complexity index is 160. The van der Waals surface area contributed by atoms with Crippen LogP contribution in [0.2, 0.25) is 0 Å². The van der Waals surface area contributed by atoms with E-state index in [2.05, 4.69) is 5.32 Å². The lowest BCUT2D eigenvalue weighted by atomic mass is 10.0. The van der Waals surface area contributed by atoms with Crippen LogP contribution in [0, 0.1) is 0 Å². The van der Waals surface area contributed by atoms with Gasteiger partial charge in [0.15, 0.2) is 0 Å². The van der Waals surface area contributed by atoms with E-state index in [0.29, 0.717) is 6.61 Å². The molecule has 1 rings (SSSR count). The van der Waals surface area contributed by atoms with Crippen molar-refractivity contribution in [3.05, 3.63) is 0 Å². The molecule has 1 aliphatic heterocycles. The number of esters is 1. The molecule has 1 aliphatic rings. The highest BCUT2D eigenvalue weighted by Crippen LogP contribution is 2.11. The SMILES string of the molecule is CCOC(=O)C1CCCC(O)N1. The molecule has 0 aromatic heterocycles. The van der Waals surface area contributed by atoms with Gasteiger partial charge in [-0.2, -0.15) is 0 Å². The smallest absolute Gasteiger partial charge is 0.323 e. The van der Waals surface area contributed by atoms with Gasteiger partial charge in [-0.3, -0.25) is 10.1 Å². The molecule has 0 radical (unpaired) electrons. The van der Waals surface area contributed by atoms with Crippen molar-refractivity contribution in [2.24, 2.45) is 0 Å². The summed E-state index contributed by atoms with van der Waals surface area (Å²) in [4.78, 5) is 11.1. The average Bonchev–Trinajstić information content (AvgIpc) is 2.05. The Hall–Kier alpha value is -0.610. The van der Waals surface area contributed by atoms with Crippen molar-refractivity contribution in [2.75, 3.05) is 6.61 Å². The Morgan fingerprint density at radius 2 is 2.42 bits per heavy atom. The summed E-state index contributed by atoms with van der Waals surface area (Å²) in [5.41, 5.74) is 0. The minimum Gasteiger partial charge on any atom is -0.465 e. The van der Waals surface area contributed by atoms with Gasteiger partial charge in [0.2, 0.25) is 0 Å². The molecule has 0 aromatic carbocycles. The zero-order chi connectivity index (χ0) is 8.97. The summed E-state index contributed by atoms with van der Waals surface area (Å²) in [6.45, 7) is 2.17. The maximum Gasteiger partial charge on any atom is 0.323 e. The highest BCUT2D eigenvalue weighted by atomic mass is 16.5. The van der Waals surface area contributed by atoms with Gasteiger partial charge in [0.1, 0.15) is 12.3 Å². The summed E-state index contributed by atoms with van der Waals surface area (Å²) >= 11 is 0. The van der Waals surface area contributed by atoms with Crippen molar-refractivity contribution in [3.8, 4) is 0 Å². The average molecular weight is 173 g/mol. The van der Waals surface area contributed by atoms with Crippen LogP contribution in [0.4, 0.5) is 0 Å². The number of carbonyl (C=O) groups is 1. The van der Waals surface area contributed by atoms with Gasteiger partial charge in [-0.05, 0) is 26.2 Å². The largest absolute Gasteiger partial charge is 0.465 e. The minimum absolute atomic E-state index is 0.253. The van der Waals surface area contributed by atoms with Crippen LogP contribution in [-0.4, -0.2) is 30.0 Å². The predicted molar refractivity (Wildman–Crippen MR) is 43.4 cm³/mol. The van der Waals surface area contributed by atoms with E-state index < -0.39 is 6.23 Å². The third kappa shape index (κ3) is 2.46. The van der Waals surface area contributed by atoms with Gasteiger partial charge in [-0.1, -0.05) is 0 Å². The molecule has 0 bridgehead atoms. The normalized spacial score (nSPS) is 29.8. The van der Waals surface area contributed by atoms with E-state index >= 15 is 0 Å². The van der Waals surface area contributed by atoms with Gasteiger partial charge in [-0.25, -0.2) is 0 Å². The summed E-state index contributed by atoms with van der Waals surface area (Å²) in [6, 6.07) is -0.311. The number of carbonyl (C=O) groups excluding carboxylic acids is 1. The van der Waals surface area contributed by atoms with Crippen LogP contribution in [-0.2, 0) is 9.53 Å². The number of aliphatic hydroxyl groups is 1. The second kappa shape index (κ2) is 4.42.